The Morgan fingerprint density at radius 1 is 0.886 bits per heavy atom. The van der Waals surface area contributed by atoms with Gasteiger partial charge < -0.3 is 24.0 Å². The molecule has 234 valence electrons. The lowest BCUT2D eigenvalue weighted by atomic mass is 10.0. The Kier molecular flexibility index (Phi) is 12.2. The molecule has 9 heteroatoms. The van der Waals surface area contributed by atoms with Crippen LogP contribution in [0.15, 0.2) is 67.0 Å². The topological polar surface area (TPSA) is 98.3 Å². The Labute approximate surface area is 260 Å². The molecule has 1 saturated heterocycles. The van der Waals surface area contributed by atoms with E-state index >= 15 is 0 Å². The van der Waals surface area contributed by atoms with Gasteiger partial charge in [-0.25, -0.2) is 0 Å². The van der Waals surface area contributed by atoms with Gasteiger partial charge in [-0.15, -0.1) is 0 Å². The van der Waals surface area contributed by atoms with Gasteiger partial charge in [0, 0.05) is 50.1 Å². The van der Waals surface area contributed by atoms with Crippen molar-refractivity contribution in [3.05, 3.63) is 83.7 Å². The minimum Gasteiger partial charge on any atom is -0.493 e. The maximum Gasteiger partial charge on any atom is 0.295 e. The molecule has 0 radical (unpaired) electrons. The Bertz CT molecular complexity index is 1310. The van der Waals surface area contributed by atoms with E-state index in [2.05, 4.69) is 23.2 Å². The van der Waals surface area contributed by atoms with Crippen LogP contribution in [0.4, 0.5) is 0 Å². The van der Waals surface area contributed by atoms with Crippen LogP contribution < -0.4 is 14.2 Å². The lowest BCUT2D eigenvalue weighted by molar-refractivity contribution is -0.133. The summed E-state index contributed by atoms with van der Waals surface area (Å²) in [6.45, 7) is 1.82. The molecule has 1 aliphatic heterocycles. The molecule has 1 aromatic heterocycles. The van der Waals surface area contributed by atoms with E-state index in [9.17, 15) is 14.4 Å². The normalized spacial score (nSPS) is 14.2. The number of benzene rings is 2. The molecule has 0 unspecified atom stereocenters. The summed E-state index contributed by atoms with van der Waals surface area (Å²) in [4.78, 5) is 48.0. The fourth-order valence-electron chi connectivity index (χ4n) is 5.82. The van der Waals surface area contributed by atoms with Crippen LogP contribution in [0.1, 0.15) is 60.0 Å². The number of carbonyl (C=O) groups excluding carboxylic acids is 3. The van der Waals surface area contributed by atoms with Crippen molar-refractivity contribution in [1.82, 2.24) is 14.8 Å². The number of rotatable bonds is 16. The fourth-order valence-corrected chi connectivity index (χ4v) is 5.82. The van der Waals surface area contributed by atoms with Crippen molar-refractivity contribution in [2.24, 2.45) is 0 Å². The van der Waals surface area contributed by atoms with Gasteiger partial charge in [0.05, 0.1) is 21.3 Å². The van der Waals surface area contributed by atoms with Crippen molar-refractivity contribution in [2.75, 3.05) is 41.0 Å². The second-order valence-electron chi connectivity index (χ2n) is 11.0. The number of ether oxygens (including phenoxy) is 3. The van der Waals surface area contributed by atoms with Crippen LogP contribution in [0.25, 0.3) is 0 Å². The van der Waals surface area contributed by atoms with Gasteiger partial charge in [-0.3, -0.25) is 19.4 Å². The van der Waals surface area contributed by atoms with Crippen molar-refractivity contribution in [1.29, 1.82) is 0 Å². The zero-order chi connectivity index (χ0) is 31.3. The highest BCUT2D eigenvalue weighted by molar-refractivity contribution is 6.43. The molecule has 2 heterocycles. The monoisotopic (exact) mass is 601 g/mol. The number of ketones is 1. The number of pyridine rings is 1. The molecule has 4 rings (SSSR count). The molecular formula is C35H43N3O6. The summed E-state index contributed by atoms with van der Waals surface area (Å²) in [5.74, 6) is -0.166. The van der Waals surface area contributed by atoms with Crippen molar-refractivity contribution < 1.29 is 28.6 Å². The van der Waals surface area contributed by atoms with Crippen LogP contribution in [0.5, 0.6) is 17.2 Å². The standard InChI is InChI=1S/C35H43N3O6/c1-42-30-23-28(24-31(43-2)34(30)44-3)33(40)35(41)38-22-10-16-29(38)17-18-32(39)37(20-8-14-26-11-5-4-6-12-26)21-9-15-27-13-7-19-36-25-27/h4-7,11-13,19,23-25,29H,8-10,14-18,20-22H2,1-3H3/t29-/m0/s1. The molecule has 1 atom stereocenters. The molecule has 2 amide bonds. The summed E-state index contributed by atoms with van der Waals surface area (Å²) >= 11 is 0. The van der Waals surface area contributed by atoms with Crippen molar-refractivity contribution >= 4 is 17.6 Å². The smallest absolute Gasteiger partial charge is 0.295 e. The zero-order valence-corrected chi connectivity index (χ0v) is 26.0. The molecule has 3 aromatic rings. The number of likely N-dealkylation sites (tertiary alicyclic amines) is 1. The first-order valence-corrected chi connectivity index (χ1v) is 15.3. The number of amides is 2. The third kappa shape index (κ3) is 8.58. The highest BCUT2D eigenvalue weighted by Gasteiger charge is 2.34. The van der Waals surface area contributed by atoms with Crippen LogP contribution in [0, 0.1) is 0 Å². The molecule has 1 aliphatic rings. The predicted octanol–water partition coefficient (Wildman–Crippen LogP) is 5.16. The first kappa shape index (κ1) is 32.5. The van der Waals surface area contributed by atoms with Crippen molar-refractivity contribution in [3.63, 3.8) is 0 Å². The van der Waals surface area contributed by atoms with Crippen molar-refractivity contribution in [3.8, 4) is 17.2 Å². The summed E-state index contributed by atoms with van der Waals surface area (Å²) in [5, 5.41) is 0. The number of aryl methyl sites for hydroxylation is 2. The van der Waals surface area contributed by atoms with Gasteiger partial charge in [0.15, 0.2) is 11.5 Å². The highest BCUT2D eigenvalue weighted by atomic mass is 16.5. The summed E-state index contributed by atoms with van der Waals surface area (Å²) in [6.07, 6.45) is 9.50. The van der Waals surface area contributed by atoms with Crippen LogP contribution in [-0.4, -0.2) is 79.4 Å². The number of aromatic nitrogens is 1. The maximum atomic E-state index is 13.5. The van der Waals surface area contributed by atoms with E-state index in [1.54, 1.807) is 11.1 Å². The van der Waals surface area contributed by atoms with E-state index < -0.39 is 11.7 Å². The van der Waals surface area contributed by atoms with E-state index in [4.69, 9.17) is 14.2 Å². The van der Waals surface area contributed by atoms with Crippen LogP contribution >= 0.6 is 0 Å². The Morgan fingerprint density at radius 2 is 1.55 bits per heavy atom. The van der Waals surface area contributed by atoms with E-state index in [1.807, 2.05) is 35.4 Å². The molecule has 0 spiro atoms. The molecule has 2 aromatic carbocycles. The molecule has 0 N–H and O–H groups in total. The van der Waals surface area contributed by atoms with E-state index in [0.717, 1.165) is 44.1 Å². The number of hydrogen-bond donors (Lipinski definition) is 0. The van der Waals surface area contributed by atoms with Gasteiger partial charge in [-0.05, 0) is 74.3 Å². The number of nitrogens with zero attached hydrogens (tertiary/aromatic N) is 3. The molecular weight excluding hydrogens is 558 g/mol. The van der Waals surface area contributed by atoms with E-state index in [1.165, 1.54) is 39.0 Å². The van der Waals surface area contributed by atoms with Gasteiger partial charge in [-0.2, -0.15) is 0 Å². The minimum atomic E-state index is -0.639. The SMILES string of the molecule is COc1cc(C(=O)C(=O)N2CCC[C@H]2CCC(=O)N(CCCc2ccccc2)CCCc2cccnc2)cc(OC)c1OC. The Balaban J connectivity index is 1.37. The molecule has 1 fully saturated rings. The minimum absolute atomic E-state index is 0.0829. The summed E-state index contributed by atoms with van der Waals surface area (Å²) in [6, 6.07) is 17.1. The maximum absolute atomic E-state index is 13.5. The lowest BCUT2D eigenvalue weighted by Gasteiger charge is -2.27. The molecule has 0 bridgehead atoms. The predicted molar refractivity (Wildman–Crippen MR) is 168 cm³/mol. The average Bonchev–Trinajstić information content (AvgIpc) is 3.54. The second-order valence-corrected chi connectivity index (χ2v) is 11.0. The summed E-state index contributed by atoms with van der Waals surface area (Å²) < 4.78 is 16.1. The first-order chi connectivity index (χ1) is 21.4. The van der Waals surface area contributed by atoms with Gasteiger partial charge >= 0.3 is 0 Å². The molecule has 0 saturated carbocycles. The van der Waals surface area contributed by atoms with Gasteiger partial charge in [-0.1, -0.05) is 36.4 Å². The van der Waals surface area contributed by atoms with Crippen LogP contribution in [0.3, 0.4) is 0 Å². The quantitative estimate of drug-likeness (QED) is 0.165. The van der Waals surface area contributed by atoms with Gasteiger partial charge in [0.2, 0.25) is 11.7 Å². The molecule has 9 nitrogen and oxygen atoms in total. The van der Waals surface area contributed by atoms with Gasteiger partial charge in [0.1, 0.15) is 0 Å². The lowest BCUT2D eigenvalue weighted by Crippen LogP contribution is -2.41. The van der Waals surface area contributed by atoms with Crippen LogP contribution in [0.2, 0.25) is 0 Å². The van der Waals surface area contributed by atoms with Crippen molar-refractivity contribution in [2.45, 2.75) is 57.4 Å². The third-order valence-corrected chi connectivity index (χ3v) is 8.16. The fraction of sp³-hybridized carbons (Fsp3) is 0.429. The molecule has 44 heavy (non-hydrogen) atoms. The highest BCUT2D eigenvalue weighted by Crippen LogP contribution is 2.38. The van der Waals surface area contributed by atoms with Gasteiger partial charge in [0.25, 0.3) is 11.7 Å². The average molecular weight is 602 g/mol. The molecule has 0 aliphatic carbocycles. The number of hydrogen-bond acceptors (Lipinski definition) is 7. The Morgan fingerprint density at radius 3 is 2.16 bits per heavy atom. The summed E-state index contributed by atoms with van der Waals surface area (Å²) in [7, 11) is 4.41. The summed E-state index contributed by atoms with van der Waals surface area (Å²) in [5.41, 5.74) is 2.58. The second kappa shape index (κ2) is 16.4. The third-order valence-electron chi connectivity index (χ3n) is 8.16. The Hall–Kier alpha value is -4.40. The largest absolute Gasteiger partial charge is 0.493 e. The number of carbonyl (C=O) groups is 3. The number of Topliss-reactive ketones (excluding diaryl/α,β-unsaturated/α-hetero) is 1. The van der Waals surface area contributed by atoms with Crippen LogP contribution in [-0.2, 0) is 22.4 Å². The zero-order valence-electron chi connectivity index (χ0n) is 26.0. The first-order valence-electron chi connectivity index (χ1n) is 15.3. The van der Waals surface area contributed by atoms with E-state index in [0.29, 0.717) is 49.7 Å². The number of methoxy groups -OCH3 is 3. The van der Waals surface area contributed by atoms with E-state index in [-0.39, 0.29) is 17.5 Å².